The molecule has 0 radical (unpaired) electrons. The van der Waals surface area contributed by atoms with Gasteiger partial charge in [-0.2, -0.15) is 0 Å². The number of thiophene rings is 1. The lowest BCUT2D eigenvalue weighted by Gasteiger charge is -2.10. The SMILES string of the molecule is NC(=O)c1c(NC(=O)c2ccccc2I)sc2c1CCCCCC2. The summed E-state index contributed by atoms with van der Waals surface area (Å²) in [5.74, 6) is -0.650. The molecule has 0 fully saturated rings. The summed E-state index contributed by atoms with van der Waals surface area (Å²) in [4.78, 5) is 25.8. The summed E-state index contributed by atoms with van der Waals surface area (Å²) in [6.07, 6.45) is 6.40. The number of hydrogen-bond donors (Lipinski definition) is 2. The van der Waals surface area contributed by atoms with Gasteiger partial charge in [-0.15, -0.1) is 11.3 Å². The average Bonchev–Trinajstić information content (AvgIpc) is 2.84. The van der Waals surface area contributed by atoms with Gasteiger partial charge >= 0.3 is 0 Å². The number of fused-ring (bicyclic) bond motifs is 1. The van der Waals surface area contributed by atoms with Gasteiger partial charge in [0.15, 0.2) is 0 Å². The summed E-state index contributed by atoms with van der Waals surface area (Å²) in [7, 11) is 0. The first-order valence-corrected chi connectivity index (χ1v) is 9.97. The fourth-order valence-corrected chi connectivity index (χ4v) is 5.01. The van der Waals surface area contributed by atoms with Crippen LogP contribution in [0.1, 0.15) is 56.8 Å². The van der Waals surface area contributed by atoms with Crippen molar-refractivity contribution in [3.05, 3.63) is 49.4 Å². The molecule has 0 saturated heterocycles. The van der Waals surface area contributed by atoms with Gasteiger partial charge in [0.25, 0.3) is 11.8 Å². The maximum Gasteiger partial charge on any atom is 0.257 e. The summed E-state index contributed by atoms with van der Waals surface area (Å²) in [6, 6.07) is 7.40. The Kier molecular flexibility index (Phi) is 5.55. The van der Waals surface area contributed by atoms with E-state index < -0.39 is 5.91 Å². The molecule has 1 aromatic carbocycles. The molecule has 24 heavy (non-hydrogen) atoms. The summed E-state index contributed by atoms with van der Waals surface area (Å²) in [6.45, 7) is 0. The van der Waals surface area contributed by atoms with Crippen LogP contribution in [-0.4, -0.2) is 11.8 Å². The van der Waals surface area contributed by atoms with E-state index in [9.17, 15) is 9.59 Å². The highest BCUT2D eigenvalue weighted by Crippen LogP contribution is 2.37. The number of amides is 2. The topological polar surface area (TPSA) is 72.2 Å². The molecule has 4 nitrogen and oxygen atoms in total. The van der Waals surface area contributed by atoms with Crippen molar-refractivity contribution in [2.24, 2.45) is 5.73 Å². The number of hydrogen-bond acceptors (Lipinski definition) is 3. The van der Waals surface area contributed by atoms with Crippen LogP contribution < -0.4 is 11.1 Å². The monoisotopic (exact) mass is 454 g/mol. The van der Waals surface area contributed by atoms with Gasteiger partial charge in [0.1, 0.15) is 5.00 Å². The minimum Gasteiger partial charge on any atom is -0.365 e. The van der Waals surface area contributed by atoms with Crippen molar-refractivity contribution in [2.75, 3.05) is 5.32 Å². The molecule has 2 aromatic rings. The molecule has 0 aliphatic heterocycles. The number of benzene rings is 1. The van der Waals surface area contributed by atoms with E-state index in [0.717, 1.165) is 34.8 Å². The number of nitrogens with two attached hydrogens (primary N) is 1. The lowest BCUT2D eigenvalue weighted by molar-refractivity contribution is 0.100. The molecule has 3 rings (SSSR count). The van der Waals surface area contributed by atoms with E-state index >= 15 is 0 Å². The highest BCUT2D eigenvalue weighted by molar-refractivity contribution is 14.1. The third-order valence-corrected chi connectivity index (χ3v) is 6.41. The summed E-state index contributed by atoms with van der Waals surface area (Å²) in [5.41, 5.74) is 7.80. The van der Waals surface area contributed by atoms with Crippen LogP contribution in [0.25, 0.3) is 0 Å². The van der Waals surface area contributed by atoms with Crippen LogP contribution in [0.4, 0.5) is 5.00 Å². The van der Waals surface area contributed by atoms with Crippen molar-refractivity contribution < 1.29 is 9.59 Å². The highest BCUT2D eigenvalue weighted by Gasteiger charge is 2.24. The molecule has 0 saturated carbocycles. The second-order valence-electron chi connectivity index (χ2n) is 5.92. The van der Waals surface area contributed by atoms with Crippen LogP contribution in [0, 0.1) is 3.57 Å². The Morgan fingerprint density at radius 1 is 1.08 bits per heavy atom. The lowest BCUT2D eigenvalue weighted by atomic mass is 9.96. The van der Waals surface area contributed by atoms with Crippen molar-refractivity contribution >= 4 is 50.7 Å². The normalized spacial score (nSPS) is 14.4. The van der Waals surface area contributed by atoms with E-state index in [0.29, 0.717) is 16.1 Å². The summed E-state index contributed by atoms with van der Waals surface area (Å²) >= 11 is 3.64. The zero-order valence-electron chi connectivity index (χ0n) is 13.2. The molecule has 126 valence electrons. The minimum atomic E-state index is -0.453. The van der Waals surface area contributed by atoms with E-state index in [2.05, 4.69) is 27.9 Å². The quantitative estimate of drug-likeness (QED) is 0.677. The number of rotatable bonds is 3. The van der Waals surface area contributed by atoms with Gasteiger partial charge in [-0.3, -0.25) is 9.59 Å². The predicted octanol–water partition coefficient (Wildman–Crippen LogP) is 4.36. The van der Waals surface area contributed by atoms with Crippen LogP contribution in [0.5, 0.6) is 0 Å². The third kappa shape index (κ3) is 3.64. The molecule has 0 spiro atoms. The standard InChI is InChI=1S/C18H19IN2O2S/c19-13-9-6-5-7-11(13)17(23)21-18-15(16(20)22)12-8-3-1-2-4-10-14(12)24-18/h5-7,9H,1-4,8,10H2,(H2,20,22)(H,21,23). The van der Waals surface area contributed by atoms with Crippen molar-refractivity contribution in [3.8, 4) is 0 Å². The summed E-state index contributed by atoms with van der Waals surface area (Å²) < 4.78 is 0.878. The first-order valence-electron chi connectivity index (χ1n) is 8.08. The molecule has 0 bridgehead atoms. The smallest absolute Gasteiger partial charge is 0.257 e. The number of primary amides is 1. The number of carbonyl (C=O) groups excluding carboxylic acids is 2. The van der Waals surface area contributed by atoms with Gasteiger partial charge in [0, 0.05) is 8.45 Å². The number of nitrogens with one attached hydrogen (secondary N) is 1. The Morgan fingerprint density at radius 2 is 1.79 bits per heavy atom. The number of halogens is 1. The van der Waals surface area contributed by atoms with Gasteiger partial charge in [0.2, 0.25) is 0 Å². The van der Waals surface area contributed by atoms with Crippen LogP contribution in [0.3, 0.4) is 0 Å². The van der Waals surface area contributed by atoms with Gasteiger partial charge < -0.3 is 11.1 Å². The van der Waals surface area contributed by atoms with E-state index in [-0.39, 0.29) is 5.91 Å². The predicted molar refractivity (Wildman–Crippen MR) is 106 cm³/mol. The molecule has 1 aliphatic rings. The second kappa shape index (κ2) is 7.65. The molecule has 1 aromatic heterocycles. The van der Waals surface area contributed by atoms with Crippen LogP contribution in [0.2, 0.25) is 0 Å². The van der Waals surface area contributed by atoms with Crippen molar-refractivity contribution in [1.82, 2.24) is 0 Å². The fourth-order valence-electron chi connectivity index (χ4n) is 3.08. The molecule has 1 heterocycles. The molecular weight excluding hydrogens is 435 g/mol. The van der Waals surface area contributed by atoms with Crippen molar-refractivity contribution in [1.29, 1.82) is 0 Å². The second-order valence-corrected chi connectivity index (χ2v) is 8.19. The van der Waals surface area contributed by atoms with E-state index in [1.165, 1.54) is 29.1 Å². The highest BCUT2D eigenvalue weighted by atomic mass is 127. The number of aryl methyl sites for hydroxylation is 1. The zero-order chi connectivity index (χ0) is 17.1. The van der Waals surface area contributed by atoms with E-state index in [1.807, 2.05) is 18.2 Å². The Morgan fingerprint density at radius 3 is 2.50 bits per heavy atom. The van der Waals surface area contributed by atoms with Crippen LogP contribution >= 0.6 is 33.9 Å². The zero-order valence-corrected chi connectivity index (χ0v) is 16.2. The Bertz CT molecular complexity index is 785. The molecular formula is C18H19IN2O2S. The van der Waals surface area contributed by atoms with Crippen LogP contribution in [-0.2, 0) is 12.8 Å². The minimum absolute atomic E-state index is 0.197. The van der Waals surface area contributed by atoms with Gasteiger partial charge in [0.05, 0.1) is 11.1 Å². The Hall–Kier alpha value is -1.41. The lowest BCUT2D eigenvalue weighted by Crippen LogP contribution is -2.18. The maximum absolute atomic E-state index is 12.6. The molecule has 1 aliphatic carbocycles. The first-order chi connectivity index (χ1) is 11.6. The first kappa shape index (κ1) is 17.4. The molecule has 3 N–H and O–H groups in total. The maximum atomic E-state index is 12.6. The average molecular weight is 454 g/mol. The van der Waals surface area contributed by atoms with Crippen molar-refractivity contribution in [2.45, 2.75) is 38.5 Å². The molecule has 0 atom stereocenters. The van der Waals surface area contributed by atoms with Crippen LogP contribution in [0.15, 0.2) is 24.3 Å². The number of anilines is 1. The largest absolute Gasteiger partial charge is 0.365 e. The van der Waals surface area contributed by atoms with Crippen molar-refractivity contribution in [3.63, 3.8) is 0 Å². The molecule has 6 heteroatoms. The van der Waals surface area contributed by atoms with E-state index in [1.54, 1.807) is 6.07 Å². The van der Waals surface area contributed by atoms with Gasteiger partial charge in [-0.1, -0.05) is 25.0 Å². The summed E-state index contributed by atoms with van der Waals surface area (Å²) in [5, 5.41) is 3.52. The van der Waals surface area contributed by atoms with E-state index in [4.69, 9.17) is 5.73 Å². The fraction of sp³-hybridized carbons (Fsp3) is 0.333. The molecule has 0 unspecified atom stereocenters. The third-order valence-electron chi connectivity index (χ3n) is 4.26. The van der Waals surface area contributed by atoms with Gasteiger partial charge in [-0.25, -0.2) is 0 Å². The Balaban J connectivity index is 1.95. The number of carbonyl (C=O) groups is 2. The Labute approximate surface area is 159 Å². The molecule has 2 amide bonds. The van der Waals surface area contributed by atoms with Gasteiger partial charge in [-0.05, 0) is 66.0 Å².